The van der Waals surface area contributed by atoms with E-state index in [0.717, 1.165) is 18.4 Å². The van der Waals surface area contributed by atoms with Crippen LogP contribution in [0.25, 0.3) is 0 Å². The quantitative estimate of drug-likeness (QED) is 0.862. The number of halogens is 2. The van der Waals surface area contributed by atoms with Gasteiger partial charge in [0, 0.05) is 6.97 Å². The van der Waals surface area contributed by atoms with E-state index in [1.54, 1.807) is 19.1 Å². The molecule has 0 aliphatic heterocycles. The molecule has 0 aromatic heterocycles. The molecule has 1 unspecified atom stereocenters. The van der Waals surface area contributed by atoms with Crippen LogP contribution >= 0.6 is 0 Å². The van der Waals surface area contributed by atoms with Crippen LogP contribution in [0.4, 0.5) is 8.78 Å². The molecule has 0 amide bonds. The minimum Gasteiger partial charge on any atom is -0.487 e. The number of benzene rings is 1. The first-order valence-electron chi connectivity index (χ1n) is 5.91. The first-order chi connectivity index (χ1) is 8.05. The third-order valence-electron chi connectivity index (χ3n) is 3.16. The van der Waals surface area contributed by atoms with Crippen molar-refractivity contribution in [3.63, 3.8) is 0 Å². The standard InChI is InChI=1S/C13H17F2NO.H2/c1-2-10(14)8-17-12-7-9(3-4-11(12)15)13(16)5-6-13;/h3-4,7,10H,2,5-6,8,16H2,1H3;1H. The maximum absolute atomic E-state index is 13.4. The fourth-order valence-corrected chi connectivity index (χ4v) is 1.65. The van der Waals surface area contributed by atoms with E-state index in [4.69, 9.17) is 10.5 Å². The van der Waals surface area contributed by atoms with Gasteiger partial charge in [0.15, 0.2) is 11.6 Å². The molecule has 17 heavy (non-hydrogen) atoms. The molecule has 1 fully saturated rings. The summed E-state index contributed by atoms with van der Waals surface area (Å²) >= 11 is 0. The Morgan fingerprint density at radius 2 is 2.24 bits per heavy atom. The van der Waals surface area contributed by atoms with Crippen LogP contribution in [0, 0.1) is 5.82 Å². The molecular weight excluding hydrogens is 224 g/mol. The maximum Gasteiger partial charge on any atom is 0.165 e. The first-order valence-corrected chi connectivity index (χ1v) is 5.91. The summed E-state index contributed by atoms with van der Waals surface area (Å²) in [6.07, 6.45) is 1.10. The molecule has 2 N–H and O–H groups in total. The summed E-state index contributed by atoms with van der Waals surface area (Å²) in [6, 6.07) is 4.59. The van der Waals surface area contributed by atoms with E-state index in [1.165, 1.54) is 6.07 Å². The SMILES string of the molecule is CCC(F)COc1cc(C2(N)CC2)ccc1F.[HH]. The molecule has 0 spiro atoms. The Balaban J connectivity index is 0.00000162. The van der Waals surface area contributed by atoms with E-state index in [9.17, 15) is 8.78 Å². The lowest BCUT2D eigenvalue weighted by Gasteiger charge is -2.13. The van der Waals surface area contributed by atoms with Crippen molar-refractivity contribution in [2.75, 3.05) is 6.61 Å². The van der Waals surface area contributed by atoms with Gasteiger partial charge >= 0.3 is 0 Å². The summed E-state index contributed by atoms with van der Waals surface area (Å²) in [6.45, 7) is 1.61. The van der Waals surface area contributed by atoms with Crippen LogP contribution in [-0.2, 0) is 5.54 Å². The number of alkyl halides is 1. The largest absolute Gasteiger partial charge is 0.487 e. The topological polar surface area (TPSA) is 35.2 Å². The second-order valence-electron chi connectivity index (χ2n) is 4.62. The minimum atomic E-state index is -1.06. The van der Waals surface area contributed by atoms with Gasteiger partial charge in [0.05, 0.1) is 0 Å². The second-order valence-corrected chi connectivity index (χ2v) is 4.62. The zero-order chi connectivity index (χ0) is 12.5. The van der Waals surface area contributed by atoms with Crippen molar-refractivity contribution in [1.82, 2.24) is 0 Å². The predicted molar refractivity (Wildman–Crippen MR) is 64.3 cm³/mol. The van der Waals surface area contributed by atoms with Gasteiger partial charge in [0.1, 0.15) is 12.8 Å². The van der Waals surface area contributed by atoms with Crippen molar-refractivity contribution in [3.05, 3.63) is 29.6 Å². The molecule has 1 aromatic rings. The Morgan fingerprint density at radius 3 is 2.82 bits per heavy atom. The van der Waals surface area contributed by atoms with E-state index in [1.807, 2.05) is 0 Å². The van der Waals surface area contributed by atoms with Crippen LogP contribution in [0.3, 0.4) is 0 Å². The number of hydrogen-bond donors (Lipinski definition) is 1. The lowest BCUT2D eigenvalue weighted by molar-refractivity contribution is 0.186. The number of ether oxygens (including phenoxy) is 1. The van der Waals surface area contributed by atoms with Crippen molar-refractivity contribution in [3.8, 4) is 5.75 Å². The van der Waals surface area contributed by atoms with Crippen molar-refractivity contribution in [2.24, 2.45) is 5.73 Å². The molecule has 1 aliphatic carbocycles. The normalized spacial score (nSPS) is 18.8. The van der Waals surface area contributed by atoms with Crippen LogP contribution in [0.1, 0.15) is 33.2 Å². The van der Waals surface area contributed by atoms with E-state index in [-0.39, 0.29) is 19.3 Å². The van der Waals surface area contributed by atoms with Crippen LogP contribution in [0.5, 0.6) is 5.75 Å². The molecule has 2 nitrogen and oxygen atoms in total. The van der Waals surface area contributed by atoms with Crippen LogP contribution in [0.2, 0.25) is 0 Å². The molecule has 0 bridgehead atoms. The van der Waals surface area contributed by atoms with Crippen molar-refractivity contribution >= 4 is 0 Å². The third kappa shape index (κ3) is 2.75. The number of hydrogen-bond acceptors (Lipinski definition) is 2. The highest BCUT2D eigenvalue weighted by Crippen LogP contribution is 2.43. The molecule has 1 atom stereocenters. The van der Waals surface area contributed by atoms with E-state index < -0.39 is 12.0 Å². The van der Waals surface area contributed by atoms with Gasteiger partial charge in [0.2, 0.25) is 0 Å². The zero-order valence-electron chi connectivity index (χ0n) is 9.88. The molecule has 0 radical (unpaired) electrons. The summed E-state index contributed by atoms with van der Waals surface area (Å²) in [5, 5.41) is 0. The van der Waals surface area contributed by atoms with Crippen molar-refractivity contribution in [1.29, 1.82) is 0 Å². The lowest BCUT2D eigenvalue weighted by Crippen LogP contribution is -2.19. The average Bonchev–Trinajstić information content (AvgIpc) is 3.07. The first kappa shape index (κ1) is 12.3. The van der Waals surface area contributed by atoms with E-state index in [0.29, 0.717) is 6.42 Å². The van der Waals surface area contributed by atoms with Crippen LogP contribution in [0.15, 0.2) is 18.2 Å². The van der Waals surface area contributed by atoms with E-state index in [2.05, 4.69) is 0 Å². The third-order valence-corrected chi connectivity index (χ3v) is 3.16. The van der Waals surface area contributed by atoms with Gasteiger partial charge in [-0.15, -0.1) is 0 Å². The molecule has 1 aliphatic rings. The Hall–Kier alpha value is -1.16. The molecule has 4 heteroatoms. The second kappa shape index (κ2) is 4.61. The average molecular weight is 243 g/mol. The summed E-state index contributed by atoms with van der Waals surface area (Å²) in [4.78, 5) is 0. The summed E-state index contributed by atoms with van der Waals surface area (Å²) < 4.78 is 31.6. The molecule has 2 rings (SSSR count). The highest BCUT2D eigenvalue weighted by Gasteiger charge is 2.40. The fraction of sp³-hybridized carbons (Fsp3) is 0.538. The molecule has 96 valence electrons. The van der Waals surface area contributed by atoms with E-state index >= 15 is 0 Å². The Morgan fingerprint density at radius 1 is 1.53 bits per heavy atom. The van der Waals surface area contributed by atoms with Crippen LogP contribution in [-0.4, -0.2) is 12.8 Å². The summed E-state index contributed by atoms with van der Waals surface area (Å²) in [7, 11) is 0. The van der Waals surface area contributed by atoms with Crippen LogP contribution < -0.4 is 10.5 Å². The minimum absolute atomic E-state index is 0. The molecule has 0 saturated heterocycles. The molecular formula is C13H19F2NO. The van der Waals surface area contributed by atoms with Gasteiger partial charge in [-0.05, 0) is 37.0 Å². The predicted octanol–water partition coefficient (Wildman–Crippen LogP) is 3.15. The van der Waals surface area contributed by atoms with Gasteiger partial charge in [-0.2, -0.15) is 0 Å². The molecule has 1 aromatic carbocycles. The summed E-state index contributed by atoms with van der Waals surface area (Å²) in [5.41, 5.74) is 6.55. The Kier molecular flexibility index (Phi) is 3.33. The smallest absolute Gasteiger partial charge is 0.165 e. The van der Waals surface area contributed by atoms with Gasteiger partial charge in [-0.3, -0.25) is 0 Å². The number of nitrogens with two attached hydrogens (primary N) is 1. The highest BCUT2D eigenvalue weighted by atomic mass is 19.1. The Bertz CT molecular complexity index is 410. The summed E-state index contributed by atoms with van der Waals surface area (Å²) in [5.74, 6) is -0.378. The molecule has 1 saturated carbocycles. The monoisotopic (exact) mass is 243 g/mol. The Labute approximate surface area is 101 Å². The van der Waals surface area contributed by atoms with Gasteiger partial charge in [-0.1, -0.05) is 13.0 Å². The molecule has 0 heterocycles. The zero-order valence-corrected chi connectivity index (χ0v) is 9.88. The van der Waals surface area contributed by atoms with Gasteiger partial charge in [0.25, 0.3) is 0 Å². The maximum atomic E-state index is 13.4. The van der Waals surface area contributed by atoms with Gasteiger partial charge < -0.3 is 10.5 Å². The fourth-order valence-electron chi connectivity index (χ4n) is 1.65. The highest BCUT2D eigenvalue weighted by molar-refractivity contribution is 5.37. The van der Waals surface area contributed by atoms with Crippen molar-refractivity contribution in [2.45, 2.75) is 37.9 Å². The number of rotatable bonds is 5. The van der Waals surface area contributed by atoms with Crippen molar-refractivity contribution < 1.29 is 14.9 Å². The lowest BCUT2D eigenvalue weighted by atomic mass is 10.1. The van der Waals surface area contributed by atoms with Gasteiger partial charge in [-0.25, -0.2) is 8.78 Å².